The number of nitrogens with zero attached hydrogens (tertiary/aromatic N) is 4. The van der Waals surface area contributed by atoms with Crippen molar-refractivity contribution in [1.29, 1.82) is 0 Å². The molecule has 1 fully saturated rings. The van der Waals surface area contributed by atoms with Crippen LogP contribution in [0, 0.1) is 0 Å². The first-order valence-corrected chi connectivity index (χ1v) is 14.5. The van der Waals surface area contributed by atoms with Crippen LogP contribution in [0.1, 0.15) is 29.3 Å². The number of ketones is 1. The number of amides is 2. The van der Waals surface area contributed by atoms with Crippen LogP contribution in [0.3, 0.4) is 0 Å². The number of aromatic nitrogens is 3. The van der Waals surface area contributed by atoms with Crippen molar-refractivity contribution in [2.75, 3.05) is 6.54 Å². The first kappa shape index (κ1) is 29.4. The number of likely N-dealkylation sites (tertiary alicyclic amines) is 1. The molecule has 1 N–H and O–H groups in total. The van der Waals surface area contributed by atoms with Crippen LogP contribution in [0.15, 0.2) is 91.4 Å². The van der Waals surface area contributed by atoms with E-state index in [1.165, 1.54) is 17.9 Å². The van der Waals surface area contributed by atoms with Crippen LogP contribution in [-0.2, 0) is 16.1 Å². The third kappa shape index (κ3) is 5.53. The van der Waals surface area contributed by atoms with E-state index in [4.69, 9.17) is 11.6 Å². The molecule has 4 aromatic rings. The highest BCUT2D eigenvalue weighted by Gasteiger charge is 2.46. The molecule has 2 aliphatic rings. The minimum atomic E-state index is -2.47. The Balaban J connectivity index is 1.22. The van der Waals surface area contributed by atoms with E-state index < -0.39 is 35.2 Å². The van der Waals surface area contributed by atoms with E-state index in [-0.39, 0.29) is 30.9 Å². The third-order valence-corrected chi connectivity index (χ3v) is 8.49. The summed E-state index contributed by atoms with van der Waals surface area (Å²) in [6.45, 7) is 0.922. The molecular formula is C33H28ClF2N5O3. The van der Waals surface area contributed by atoms with Gasteiger partial charge in [-0.1, -0.05) is 66.2 Å². The third-order valence-electron chi connectivity index (χ3n) is 8.06. The second kappa shape index (κ2) is 11.8. The molecule has 0 radical (unpaired) electrons. The van der Waals surface area contributed by atoms with Crippen LogP contribution in [0.4, 0.5) is 8.78 Å². The number of rotatable bonds is 7. The van der Waals surface area contributed by atoms with Crippen LogP contribution in [-0.4, -0.2) is 67.2 Å². The maximum atomic E-state index is 15.9. The highest BCUT2D eigenvalue weighted by atomic mass is 35.5. The summed E-state index contributed by atoms with van der Waals surface area (Å²) in [5.74, 6) is -1.41. The predicted molar refractivity (Wildman–Crippen MR) is 163 cm³/mol. The van der Waals surface area contributed by atoms with Gasteiger partial charge in [-0.05, 0) is 36.2 Å². The van der Waals surface area contributed by atoms with Gasteiger partial charge in [0.05, 0.1) is 18.9 Å². The topological polar surface area (TPSA) is 97.2 Å². The zero-order chi connectivity index (χ0) is 31.0. The lowest BCUT2D eigenvalue weighted by Gasteiger charge is -2.33. The van der Waals surface area contributed by atoms with E-state index in [0.29, 0.717) is 22.0 Å². The summed E-state index contributed by atoms with van der Waals surface area (Å²) in [5.41, 5.74) is 3.42. The van der Waals surface area contributed by atoms with Gasteiger partial charge in [-0.3, -0.25) is 14.4 Å². The summed E-state index contributed by atoms with van der Waals surface area (Å²) >= 11 is 6.36. The Labute approximate surface area is 257 Å². The van der Waals surface area contributed by atoms with Gasteiger partial charge in [0.15, 0.2) is 5.78 Å². The number of hydrogen-bond donors (Lipinski definition) is 1. The zero-order valence-electron chi connectivity index (χ0n) is 23.7. The summed E-state index contributed by atoms with van der Waals surface area (Å²) in [7, 11) is 0. The second-order valence-electron chi connectivity index (χ2n) is 10.9. The standard InChI is InChI=1S/C33H28ClF2N5O3/c1-20(42)26-18-40(28-11-10-22(14-25(26)28)23-12-13-37-38-16-23)19-31(43)41-17-24(35)15-29(41)32(44)39-30-9-5-8-27(33(30,34)36)21-6-3-2-4-7-21/h2-14,16,18,24,29-30H,15,17,19H2,1H3,(H,39,44)/t24-,29+,30?,33?/m1/s1. The number of carbonyl (C=O) groups excluding carboxylic acids is 3. The van der Waals surface area contributed by atoms with Crippen LogP contribution in [0.25, 0.3) is 27.6 Å². The van der Waals surface area contributed by atoms with Crippen molar-refractivity contribution in [1.82, 2.24) is 25.0 Å². The molecule has 2 aromatic heterocycles. The molecule has 2 aromatic carbocycles. The van der Waals surface area contributed by atoms with Crippen LogP contribution in [0.2, 0.25) is 0 Å². The summed E-state index contributed by atoms with van der Waals surface area (Å²) in [4.78, 5) is 40.7. The molecule has 1 saturated heterocycles. The molecule has 2 amide bonds. The minimum absolute atomic E-state index is 0.180. The molecule has 2 unspecified atom stereocenters. The Morgan fingerprint density at radius 1 is 1.07 bits per heavy atom. The van der Waals surface area contributed by atoms with Crippen molar-refractivity contribution >= 4 is 45.7 Å². The lowest BCUT2D eigenvalue weighted by molar-refractivity contribution is -0.139. The van der Waals surface area contributed by atoms with Gasteiger partial charge < -0.3 is 14.8 Å². The van der Waals surface area contributed by atoms with Gasteiger partial charge in [-0.15, -0.1) is 0 Å². The molecule has 0 bridgehead atoms. The first-order chi connectivity index (χ1) is 21.1. The number of benzene rings is 2. The molecule has 1 aliphatic heterocycles. The predicted octanol–water partition coefficient (Wildman–Crippen LogP) is 5.28. The van der Waals surface area contributed by atoms with E-state index in [1.54, 1.807) is 77.8 Å². The fourth-order valence-electron chi connectivity index (χ4n) is 5.85. The van der Waals surface area contributed by atoms with Gasteiger partial charge in [-0.2, -0.15) is 10.2 Å². The minimum Gasteiger partial charge on any atom is -0.343 e. The number of allylic oxidation sites excluding steroid dienone is 2. The number of carbonyl (C=O) groups is 3. The fraction of sp³-hybridized carbons (Fsp3) is 0.242. The van der Waals surface area contributed by atoms with Gasteiger partial charge in [0.2, 0.25) is 16.9 Å². The van der Waals surface area contributed by atoms with Crippen molar-refractivity contribution in [3.63, 3.8) is 0 Å². The average molecular weight is 616 g/mol. The second-order valence-corrected chi connectivity index (χ2v) is 11.5. The molecule has 0 saturated carbocycles. The van der Waals surface area contributed by atoms with Gasteiger partial charge in [0.25, 0.3) is 0 Å². The number of hydrogen-bond acceptors (Lipinski definition) is 5. The molecule has 11 heteroatoms. The van der Waals surface area contributed by atoms with Gasteiger partial charge in [0.1, 0.15) is 24.8 Å². The van der Waals surface area contributed by atoms with E-state index in [0.717, 1.165) is 11.1 Å². The highest BCUT2D eigenvalue weighted by molar-refractivity contribution is 6.30. The van der Waals surface area contributed by atoms with Crippen LogP contribution in [0.5, 0.6) is 0 Å². The highest BCUT2D eigenvalue weighted by Crippen LogP contribution is 2.40. The fourth-order valence-corrected chi connectivity index (χ4v) is 6.15. The van der Waals surface area contributed by atoms with Crippen molar-refractivity contribution in [2.24, 2.45) is 0 Å². The Hall–Kier alpha value is -4.70. The Bertz CT molecular complexity index is 1810. The number of alkyl halides is 3. The SMILES string of the molecule is CC(=O)c1cn(CC(=O)N2C[C@H](F)C[C@H]2C(=O)NC2C=CC=C(c3ccccc3)C2(F)Cl)c2ccc(-c3ccnnc3)cc12. The average Bonchev–Trinajstić information content (AvgIpc) is 3.59. The molecule has 0 spiro atoms. The van der Waals surface area contributed by atoms with E-state index in [9.17, 15) is 18.8 Å². The van der Waals surface area contributed by atoms with Gasteiger partial charge in [-0.25, -0.2) is 8.78 Å². The largest absolute Gasteiger partial charge is 0.343 e. The monoisotopic (exact) mass is 615 g/mol. The Morgan fingerprint density at radius 2 is 1.86 bits per heavy atom. The number of Topliss-reactive ketones (excluding diaryl/α,β-unsaturated/α-hetero) is 1. The zero-order valence-corrected chi connectivity index (χ0v) is 24.4. The summed E-state index contributed by atoms with van der Waals surface area (Å²) in [6.07, 6.45) is 7.67. The maximum absolute atomic E-state index is 15.9. The molecule has 3 heterocycles. The molecular weight excluding hydrogens is 588 g/mol. The Morgan fingerprint density at radius 3 is 2.59 bits per heavy atom. The van der Waals surface area contributed by atoms with E-state index in [1.807, 2.05) is 12.1 Å². The molecule has 1 aliphatic carbocycles. The van der Waals surface area contributed by atoms with Crippen molar-refractivity contribution in [3.05, 3.63) is 103 Å². The lowest BCUT2D eigenvalue weighted by atomic mass is 9.91. The normalized spacial score (nSPS) is 23.0. The van der Waals surface area contributed by atoms with Gasteiger partial charge in [0, 0.05) is 40.2 Å². The summed E-state index contributed by atoms with van der Waals surface area (Å²) in [6, 6.07) is 13.6. The van der Waals surface area contributed by atoms with E-state index >= 15 is 4.39 Å². The first-order valence-electron chi connectivity index (χ1n) is 14.1. The molecule has 6 rings (SSSR count). The van der Waals surface area contributed by atoms with Crippen LogP contribution < -0.4 is 5.32 Å². The number of halogens is 3. The smallest absolute Gasteiger partial charge is 0.243 e. The molecule has 4 atom stereocenters. The molecule has 8 nitrogen and oxygen atoms in total. The molecule has 224 valence electrons. The quantitative estimate of drug-likeness (QED) is 0.225. The number of fused-ring (bicyclic) bond motifs is 1. The Kier molecular flexibility index (Phi) is 7.85. The van der Waals surface area contributed by atoms with Crippen molar-refractivity contribution in [3.8, 4) is 11.1 Å². The maximum Gasteiger partial charge on any atom is 0.243 e. The van der Waals surface area contributed by atoms with Crippen molar-refractivity contribution in [2.45, 2.75) is 43.3 Å². The summed E-state index contributed by atoms with van der Waals surface area (Å²) in [5, 5.41) is 8.48. The van der Waals surface area contributed by atoms with Crippen molar-refractivity contribution < 1.29 is 23.2 Å². The van der Waals surface area contributed by atoms with E-state index in [2.05, 4.69) is 15.5 Å². The summed E-state index contributed by atoms with van der Waals surface area (Å²) < 4.78 is 32.3. The molecule has 44 heavy (non-hydrogen) atoms. The van der Waals surface area contributed by atoms with Crippen LogP contribution >= 0.6 is 11.6 Å². The number of nitrogens with one attached hydrogen (secondary N) is 1. The lowest BCUT2D eigenvalue weighted by Crippen LogP contribution is -2.54. The van der Waals surface area contributed by atoms with Gasteiger partial charge >= 0.3 is 0 Å².